The summed E-state index contributed by atoms with van der Waals surface area (Å²) in [7, 11) is 0. The molecule has 0 unspecified atom stereocenters. The van der Waals surface area contributed by atoms with Crippen LogP contribution in [0.4, 0.5) is 5.13 Å². The van der Waals surface area contributed by atoms with Crippen molar-refractivity contribution in [3.8, 4) is 0 Å². The lowest BCUT2D eigenvalue weighted by Crippen LogP contribution is -2.32. The van der Waals surface area contributed by atoms with Gasteiger partial charge < -0.3 is 10.6 Å². The SMILES string of the molecule is Cc1ccc2nc(NC(=O)CNC(=O)c3ccccc3)sc2c1. The van der Waals surface area contributed by atoms with Crippen molar-refractivity contribution in [3.05, 3.63) is 59.7 Å². The number of carbonyl (C=O) groups is 2. The number of aryl methyl sites for hydroxylation is 1. The van der Waals surface area contributed by atoms with Crippen LogP contribution in [0.1, 0.15) is 15.9 Å². The van der Waals surface area contributed by atoms with E-state index in [0.29, 0.717) is 10.7 Å². The Bertz CT molecular complexity index is 859. The molecule has 3 aromatic rings. The van der Waals surface area contributed by atoms with Crippen molar-refractivity contribution in [1.82, 2.24) is 10.3 Å². The van der Waals surface area contributed by atoms with Gasteiger partial charge in [0.05, 0.1) is 16.8 Å². The third-order valence-electron chi connectivity index (χ3n) is 3.24. The molecule has 0 aliphatic rings. The molecule has 0 bridgehead atoms. The Kier molecular flexibility index (Phi) is 4.34. The summed E-state index contributed by atoms with van der Waals surface area (Å²) in [6.07, 6.45) is 0. The Morgan fingerprint density at radius 1 is 1.13 bits per heavy atom. The van der Waals surface area contributed by atoms with E-state index in [2.05, 4.69) is 15.6 Å². The molecule has 1 heterocycles. The van der Waals surface area contributed by atoms with E-state index >= 15 is 0 Å². The predicted octanol–water partition coefficient (Wildman–Crippen LogP) is 2.97. The van der Waals surface area contributed by atoms with Crippen LogP contribution in [0.5, 0.6) is 0 Å². The molecule has 1 aromatic heterocycles. The molecule has 0 aliphatic carbocycles. The quantitative estimate of drug-likeness (QED) is 0.775. The monoisotopic (exact) mass is 325 g/mol. The maximum absolute atomic E-state index is 11.9. The van der Waals surface area contributed by atoms with E-state index in [1.807, 2.05) is 31.2 Å². The van der Waals surface area contributed by atoms with Crippen LogP contribution in [0.3, 0.4) is 0 Å². The van der Waals surface area contributed by atoms with Gasteiger partial charge in [0.1, 0.15) is 0 Å². The van der Waals surface area contributed by atoms with Crippen LogP contribution < -0.4 is 10.6 Å². The highest BCUT2D eigenvalue weighted by atomic mass is 32.1. The fourth-order valence-electron chi connectivity index (χ4n) is 2.10. The highest BCUT2D eigenvalue weighted by Crippen LogP contribution is 2.26. The lowest BCUT2D eigenvalue weighted by Gasteiger charge is -2.04. The molecule has 5 nitrogen and oxygen atoms in total. The van der Waals surface area contributed by atoms with E-state index in [9.17, 15) is 9.59 Å². The number of thiazole rings is 1. The second-order valence-electron chi connectivity index (χ2n) is 5.09. The van der Waals surface area contributed by atoms with E-state index in [4.69, 9.17) is 0 Å². The minimum absolute atomic E-state index is 0.0946. The molecule has 0 aliphatic heterocycles. The Morgan fingerprint density at radius 3 is 2.70 bits per heavy atom. The first-order chi connectivity index (χ1) is 11.1. The molecular weight excluding hydrogens is 310 g/mol. The second kappa shape index (κ2) is 6.58. The lowest BCUT2D eigenvalue weighted by atomic mass is 10.2. The third-order valence-corrected chi connectivity index (χ3v) is 4.17. The molecular formula is C17H15N3O2S. The van der Waals surface area contributed by atoms with Gasteiger partial charge in [-0.05, 0) is 36.8 Å². The number of nitrogens with zero attached hydrogens (tertiary/aromatic N) is 1. The molecule has 0 spiro atoms. The number of carbonyl (C=O) groups excluding carboxylic acids is 2. The Morgan fingerprint density at radius 2 is 1.91 bits per heavy atom. The normalized spacial score (nSPS) is 10.5. The summed E-state index contributed by atoms with van der Waals surface area (Å²) in [6.45, 7) is 1.92. The number of benzene rings is 2. The number of anilines is 1. The molecule has 2 aromatic carbocycles. The van der Waals surface area contributed by atoms with Crippen molar-refractivity contribution in [3.63, 3.8) is 0 Å². The molecule has 0 atom stereocenters. The van der Waals surface area contributed by atoms with Crippen LogP contribution in [0.15, 0.2) is 48.5 Å². The molecule has 23 heavy (non-hydrogen) atoms. The van der Waals surface area contributed by atoms with Crippen molar-refractivity contribution < 1.29 is 9.59 Å². The lowest BCUT2D eigenvalue weighted by molar-refractivity contribution is -0.115. The van der Waals surface area contributed by atoms with Gasteiger partial charge in [-0.25, -0.2) is 4.98 Å². The molecule has 2 amide bonds. The maximum atomic E-state index is 11.9. The van der Waals surface area contributed by atoms with Gasteiger partial charge in [0.15, 0.2) is 5.13 Å². The van der Waals surface area contributed by atoms with E-state index < -0.39 is 0 Å². The minimum atomic E-state index is -0.301. The van der Waals surface area contributed by atoms with E-state index in [0.717, 1.165) is 15.8 Å². The number of rotatable bonds is 4. The summed E-state index contributed by atoms with van der Waals surface area (Å²) >= 11 is 1.41. The number of aromatic nitrogens is 1. The Balaban J connectivity index is 1.59. The second-order valence-corrected chi connectivity index (χ2v) is 6.12. The molecule has 0 radical (unpaired) electrons. The highest BCUT2D eigenvalue weighted by Gasteiger charge is 2.10. The molecule has 116 valence electrons. The molecule has 3 rings (SSSR count). The zero-order valence-corrected chi connectivity index (χ0v) is 13.3. The van der Waals surface area contributed by atoms with Gasteiger partial charge in [-0.1, -0.05) is 35.6 Å². The van der Waals surface area contributed by atoms with Crippen molar-refractivity contribution in [2.24, 2.45) is 0 Å². The van der Waals surface area contributed by atoms with Gasteiger partial charge in [0.25, 0.3) is 5.91 Å². The smallest absolute Gasteiger partial charge is 0.251 e. The molecule has 0 saturated carbocycles. The first-order valence-corrected chi connectivity index (χ1v) is 7.94. The average molecular weight is 325 g/mol. The van der Waals surface area contributed by atoms with Gasteiger partial charge in [0.2, 0.25) is 5.91 Å². The van der Waals surface area contributed by atoms with Gasteiger partial charge in [-0.15, -0.1) is 0 Å². The first kappa shape index (κ1) is 15.2. The average Bonchev–Trinajstić information content (AvgIpc) is 2.94. The van der Waals surface area contributed by atoms with Gasteiger partial charge in [-0.3, -0.25) is 9.59 Å². The van der Waals surface area contributed by atoms with Crippen molar-refractivity contribution in [2.45, 2.75) is 6.92 Å². The number of fused-ring (bicyclic) bond motifs is 1. The van der Waals surface area contributed by atoms with Crippen LogP contribution in [-0.2, 0) is 4.79 Å². The van der Waals surface area contributed by atoms with E-state index in [-0.39, 0.29) is 18.4 Å². The number of nitrogens with one attached hydrogen (secondary N) is 2. The van der Waals surface area contributed by atoms with Crippen LogP contribution in [0, 0.1) is 6.92 Å². The molecule has 6 heteroatoms. The van der Waals surface area contributed by atoms with Crippen LogP contribution in [0.25, 0.3) is 10.2 Å². The van der Waals surface area contributed by atoms with Gasteiger partial charge in [0, 0.05) is 5.56 Å². The zero-order valence-electron chi connectivity index (χ0n) is 12.5. The summed E-state index contributed by atoms with van der Waals surface area (Å²) in [6, 6.07) is 14.7. The van der Waals surface area contributed by atoms with Crippen molar-refractivity contribution in [2.75, 3.05) is 11.9 Å². The topological polar surface area (TPSA) is 71.1 Å². The maximum Gasteiger partial charge on any atom is 0.251 e. The predicted molar refractivity (Wildman–Crippen MR) is 91.8 cm³/mol. The number of hydrogen-bond donors (Lipinski definition) is 2. The van der Waals surface area contributed by atoms with Gasteiger partial charge in [-0.2, -0.15) is 0 Å². The van der Waals surface area contributed by atoms with Crippen molar-refractivity contribution >= 4 is 38.5 Å². The number of hydrogen-bond acceptors (Lipinski definition) is 4. The largest absolute Gasteiger partial charge is 0.343 e. The van der Waals surface area contributed by atoms with Crippen LogP contribution in [0.2, 0.25) is 0 Å². The molecule has 2 N–H and O–H groups in total. The summed E-state index contributed by atoms with van der Waals surface area (Å²) in [5, 5.41) is 5.83. The Hall–Kier alpha value is -2.73. The fraction of sp³-hybridized carbons (Fsp3) is 0.118. The molecule has 0 fully saturated rings. The van der Waals surface area contributed by atoms with E-state index in [1.54, 1.807) is 24.3 Å². The number of amides is 2. The Labute approximate surface area is 137 Å². The fourth-order valence-corrected chi connectivity index (χ4v) is 3.08. The van der Waals surface area contributed by atoms with E-state index in [1.165, 1.54) is 11.3 Å². The minimum Gasteiger partial charge on any atom is -0.343 e. The van der Waals surface area contributed by atoms with Gasteiger partial charge >= 0.3 is 0 Å². The first-order valence-electron chi connectivity index (χ1n) is 7.12. The highest BCUT2D eigenvalue weighted by molar-refractivity contribution is 7.22. The summed E-state index contributed by atoms with van der Waals surface area (Å²) in [5.74, 6) is -0.578. The van der Waals surface area contributed by atoms with Crippen LogP contribution in [-0.4, -0.2) is 23.3 Å². The van der Waals surface area contributed by atoms with Crippen LogP contribution >= 0.6 is 11.3 Å². The zero-order chi connectivity index (χ0) is 16.2. The van der Waals surface area contributed by atoms with Crippen molar-refractivity contribution in [1.29, 1.82) is 0 Å². The standard InChI is InChI=1S/C17H15N3O2S/c1-11-7-8-13-14(9-11)23-17(19-13)20-15(21)10-18-16(22)12-5-3-2-4-6-12/h2-9H,10H2,1H3,(H,18,22)(H,19,20,21). The summed E-state index contributed by atoms with van der Waals surface area (Å²) < 4.78 is 1.02. The third kappa shape index (κ3) is 3.73. The molecule has 0 saturated heterocycles. The summed E-state index contributed by atoms with van der Waals surface area (Å²) in [4.78, 5) is 28.2. The summed E-state index contributed by atoms with van der Waals surface area (Å²) in [5.41, 5.74) is 2.52.